The summed E-state index contributed by atoms with van der Waals surface area (Å²) in [7, 11) is 0. The number of benzene rings is 2. The minimum Gasteiger partial charge on any atom is -0.454 e. The van der Waals surface area contributed by atoms with Crippen LogP contribution in [0.5, 0.6) is 11.5 Å². The summed E-state index contributed by atoms with van der Waals surface area (Å²) in [6.45, 7) is 2.17. The highest BCUT2D eigenvalue weighted by Gasteiger charge is 2.32. The Bertz CT molecular complexity index is 1160. The third-order valence-corrected chi connectivity index (χ3v) is 6.16. The first-order chi connectivity index (χ1) is 14.6. The summed E-state index contributed by atoms with van der Waals surface area (Å²) in [5, 5.41) is 3.37. The second kappa shape index (κ2) is 7.46. The molecule has 1 atom stereocenters. The summed E-state index contributed by atoms with van der Waals surface area (Å²) < 4.78 is 16.1. The second-order valence-electron chi connectivity index (χ2n) is 7.13. The third-order valence-electron chi connectivity index (χ3n) is 5.09. The fraction of sp³-hybridized carbons (Fsp3) is 0.227. The fourth-order valence-electron chi connectivity index (χ4n) is 3.59. The molecule has 7 nitrogen and oxygen atoms in total. The van der Waals surface area contributed by atoms with Crippen molar-refractivity contribution < 1.29 is 23.8 Å². The molecule has 30 heavy (non-hydrogen) atoms. The average Bonchev–Trinajstić information content (AvgIpc) is 3.41. The number of rotatable bonds is 5. The Morgan fingerprint density at radius 3 is 2.93 bits per heavy atom. The first-order valence-corrected chi connectivity index (χ1v) is 10.3. The van der Waals surface area contributed by atoms with E-state index in [-0.39, 0.29) is 25.1 Å². The summed E-state index contributed by atoms with van der Waals surface area (Å²) in [5.41, 5.74) is 3.21. The standard InChI is InChI=1S/C22H18N2O5S/c1-12-19(9-13-6-7-16-18(8-13)28-11-27-16)30-22(23-12)24-20(25)10-17-14-4-2-3-5-15(14)21(26)29-17/h2-8,17H,9-11H2,1H3,(H,23,24,25)/t17-/m0/s1. The Morgan fingerprint density at radius 1 is 1.20 bits per heavy atom. The number of aryl methyl sites for hydroxylation is 1. The highest BCUT2D eigenvalue weighted by atomic mass is 32.1. The maximum absolute atomic E-state index is 12.5. The molecule has 0 bridgehead atoms. The van der Waals surface area contributed by atoms with Crippen LogP contribution in [-0.2, 0) is 16.0 Å². The topological polar surface area (TPSA) is 86.8 Å². The quantitative estimate of drug-likeness (QED) is 0.625. The van der Waals surface area contributed by atoms with E-state index in [2.05, 4.69) is 10.3 Å². The molecular formula is C22H18N2O5S. The number of esters is 1. The molecule has 2 aromatic carbocycles. The number of hydrogen-bond acceptors (Lipinski definition) is 7. The summed E-state index contributed by atoms with van der Waals surface area (Å²) in [6, 6.07) is 13.0. The zero-order valence-corrected chi connectivity index (χ0v) is 17.0. The lowest BCUT2D eigenvalue weighted by atomic mass is 10.0. The van der Waals surface area contributed by atoms with Crippen LogP contribution in [0, 0.1) is 6.92 Å². The number of hydrogen-bond donors (Lipinski definition) is 1. The van der Waals surface area contributed by atoms with Crippen molar-refractivity contribution in [2.24, 2.45) is 0 Å². The van der Waals surface area contributed by atoms with Crippen LogP contribution in [0.1, 0.15) is 44.6 Å². The van der Waals surface area contributed by atoms with Gasteiger partial charge in [0.2, 0.25) is 12.7 Å². The zero-order chi connectivity index (χ0) is 20.7. The molecule has 1 N–H and O–H groups in total. The molecule has 0 unspecified atom stereocenters. The van der Waals surface area contributed by atoms with Gasteiger partial charge in [0.15, 0.2) is 16.6 Å². The fourth-order valence-corrected chi connectivity index (χ4v) is 4.60. The van der Waals surface area contributed by atoms with Crippen molar-refractivity contribution in [3.05, 3.63) is 69.7 Å². The van der Waals surface area contributed by atoms with Crippen LogP contribution in [0.15, 0.2) is 42.5 Å². The first-order valence-electron chi connectivity index (χ1n) is 9.51. The number of carbonyl (C=O) groups is 2. The van der Waals surface area contributed by atoms with Crippen molar-refractivity contribution in [2.45, 2.75) is 25.9 Å². The van der Waals surface area contributed by atoms with E-state index in [1.165, 1.54) is 11.3 Å². The minimum atomic E-state index is -0.567. The van der Waals surface area contributed by atoms with Crippen LogP contribution in [0.3, 0.4) is 0 Å². The molecule has 1 amide bonds. The predicted octanol–water partition coefficient (Wildman–Crippen LogP) is 4.01. The maximum atomic E-state index is 12.5. The molecule has 0 saturated heterocycles. The number of thiazole rings is 1. The molecule has 3 heterocycles. The molecule has 152 valence electrons. The van der Waals surface area contributed by atoms with Crippen LogP contribution >= 0.6 is 11.3 Å². The maximum Gasteiger partial charge on any atom is 0.339 e. The number of aromatic nitrogens is 1. The lowest BCUT2D eigenvalue weighted by Crippen LogP contribution is -2.15. The van der Waals surface area contributed by atoms with E-state index < -0.39 is 6.10 Å². The SMILES string of the molecule is Cc1nc(NC(=O)C[C@@H]2OC(=O)c3ccccc32)sc1Cc1ccc2c(c1)OCO2. The second-order valence-corrected chi connectivity index (χ2v) is 8.21. The third kappa shape index (κ3) is 3.50. The van der Waals surface area contributed by atoms with E-state index in [1.807, 2.05) is 37.3 Å². The van der Waals surface area contributed by atoms with Crippen LogP contribution in [0.25, 0.3) is 0 Å². The average molecular weight is 422 g/mol. The summed E-state index contributed by atoms with van der Waals surface area (Å²) in [5.74, 6) is 0.865. The monoisotopic (exact) mass is 422 g/mol. The number of cyclic esters (lactones) is 1. The van der Waals surface area contributed by atoms with E-state index in [4.69, 9.17) is 14.2 Å². The van der Waals surface area contributed by atoms with Crippen molar-refractivity contribution in [3.63, 3.8) is 0 Å². The number of nitrogens with zero attached hydrogens (tertiary/aromatic N) is 1. The van der Waals surface area contributed by atoms with Gasteiger partial charge in [0.05, 0.1) is 17.7 Å². The normalized spacial score (nSPS) is 16.3. The van der Waals surface area contributed by atoms with Gasteiger partial charge >= 0.3 is 5.97 Å². The minimum absolute atomic E-state index is 0.0544. The Labute approximate surface area is 176 Å². The summed E-state index contributed by atoms with van der Waals surface area (Å²) >= 11 is 1.44. The van der Waals surface area contributed by atoms with Gasteiger partial charge in [-0.15, -0.1) is 11.3 Å². The van der Waals surface area contributed by atoms with Crippen LogP contribution in [-0.4, -0.2) is 23.7 Å². The van der Waals surface area contributed by atoms with Crippen molar-refractivity contribution >= 4 is 28.3 Å². The Morgan fingerprint density at radius 2 is 2.03 bits per heavy atom. The van der Waals surface area contributed by atoms with Gasteiger partial charge in [-0.1, -0.05) is 24.3 Å². The zero-order valence-electron chi connectivity index (χ0n) is 16.1. The van der Waals surface area contributed by atoms with Gasteiger partial charge in [-0.25, -0.2) is 9.78 Å². The largest absolute Gasteiger partial charge is 0.454 e. The number of fused-ring (bicyclic) bond motifs is 2. The molecule has 0 spiro atoms. The van der Waals surface area contributed by atoms with Crippen molar-refractivity contribution in [1.29, 1.82) is 0 Å². The van der Waals surface area contributed by atoms with Crippen molar-refractivity contribution in [1.82, 2.24) is 4.98 Å². The number of ether oxygens (including phenoxy) is 3. The lowest BCUT2D eigenvalue weighted by Gasteiger charge is -2.09. The van der Waals surface area contributed by atoms with E-state index in [0.717, 1.165) is 33.2 Å². The molecule has 0 saturated carbocycles. The first kappa shape index (κ1) is 18.6. The smallest absolute Gasteiger partial charge is 0.339 e. The Hall–Kier alpha value is -3.39. The number of amides is 1. The highest BCUT2D eigenvalue weighted by Crippen LogP contribution is 2.35. The van der Waals surface area contributed by atoms with Gasteiger partial charge in [-0.2, -0.15) is 0 Å². The van der Waals surface area contributed by atoms with Crippen LogP contribution in [0.4, 0.5) is 5.13 Å². The van der Waals surface area contributed by atoms with Gasteiger partial charge in [-0.3, -0.25) is 4.79 Å². The van der Waals surface area contributed by atoms with Crippen LogP contribution < -0.4 is 14.8 Å². The van der Waals surface area contributed by atoms with Gasteiger partial charge < -0.3 is 19.5 Å². The molecule has 0 fully saturated rings. The van der Waals surface area contributed by atoms with E-state index in [0.29, 0.717) is 17.1 Å². The number of nitrogens with one attached hydrogen (secondary N) is 1. The molecule has 5 rings (SSSR count). The molecule has 1 aromatic heterocycles. The van der Waals surface area contributed by atoms with Gasteiger partial charge in [0, 0.05) is 16.9 Å². The van der Waals surface area contributed by atoms with Gasteiger partial charge in [-0.05, 0) is 30.7 Å². The van der Waals surface area contributed by atoms with Gasteiger partial charge in [0.1, 0.15) is 6.10 Å². The van der Waals surface area contributed by atoms with E-state index >= 15 is 0 Å². The molecule has 0 radical (unpaired) electrons. The van der Waals surface area contributed by atoms with Crippen molar-refractivity contribution in [2.75, 3.05) is 12.1 Å². The lowest BCUT2D eigenvalue weighted by molar-refractivity contribution is -0.118. The molecule has 2 aliphatic rings. The summed E-state index contributed by atoms with van der Waals surface area (Å²) in [4.78, 5) is 30.0. The number of carbonyl (C=O) groups excluding carboxylic acids is 2. The summed E-state index contributed by atoms with van der Waals surface area (Å²) in [6.07, 6.45) is 0.172. The Kier molecular flexibility index (Phi) is 4.63. The van der Waals surface area contributed by atoms with Crippen LogP contribution in [0.2, 0.25) is 0 Å². The highest BCUT2D eigenvalue weighted by molar-refractivity contribution is 7.15. The number of anilines is 1. The molecule has 0 aliphatic carbocycles. The van der Waals surface area contributed by atoms with Gasteiger partial charge in [0.25, 0.3) is 0 Å². The Balaban J connectivity index is 1.25. The molecule has 3 aromatic rings. The molecule has 2 aliphatic heterocycles. The van der Waals surface area contributed by atoms with Crippen molar-refractivity contribution in [3.8, 4) is 11.5 Å². The predicted molar refractivity (Wildman–Crippen MR) is 110 cm³/mol. The van der Waals surface area contributed by atoms with E-state index in [1.54, 1.807) is 12.1 Å². The molecular weight excluding hydrogens is 404 g/mol. The molecule has 8 heteroatoms. The van der Waals surface area contributed by atoms with E-state index in [9.17, 15) is 9.59 Å².